The quantitative estimate of drug-likeness (QED) is 0.513. The Hall–Kier alpha value is -0.989. The summed E-state index contributed by atoms with van der Waals surface area (Å²) >= 11 is 0. The third kappa shape index (κ3) is 13.2. The third-order valence-corrected chi connectivity index (χ3v) is 2.00. The zero-order valence-corrected chi connectivity index (χ0v) is 14.1. The van der Waals surface area contributed by atoms with Crippen molar-refractivity contribution in [2.75, 3.05) is 0 Å². The molecule has 0 radical (unpaired) electrons. The maximum atomic E-state index is 2.00. The minimum atomic E-state index is 0. The van der Waals surface area contributed by atoms with Gasteiger partial charge < -0.3 is 0 Å². The van der Waals surface area contributed by atoms with Gasteiger partial charge >= 0.3 is 0 Å². The fourth-order valence-electron chi connectivity index (χ4n) is 1.15. The van der Waals surface area contributed by atoms with Crippen LogP contribution >= 0.6 is 0 Å². The summed E-state index contributed by atoms with van der Waals surface area (Å²) in [7, 11) is 0. The maximum Gasteiger partial charge on any atom is 0 e. The van der Waals surface area contributed by atoms with Gasteiger partial charge in [-0.25, -0.2) is 0 Å². The van der Waals surface area contributed by atoms with E-state index in [-0.39, 0.29) is 40.8 Å². The van der Waals surface area contributed by atoms with Crippen LogP contribution in [0.2, 0.25) is 0 Å². The van der Waals surface area contributed by atoms with E-state index < -0.39 is 0 Å². The minimum Gasteiger partial charge on any atom is -0.0623 e. The molecule has 3 aromatic rings. The van der Waals surface area contributed by atoms with Crippen molar-refractivity contribution in [1.29, 1.82) is 0 Å². The van der Waals surface area contributed by atoms with Crippen LogP contribution in [0.5, 0.6) is 0 Å². The first-order valence-electron chi connectivity index (χ1n) is 6.00. The predicted octanol–water partition coefficient (Wildman–Crippen LogP) is 5.06. The van der Waals surface area contributed by atoms with Crippen LogP contribution in [0.1, 0.15) is 0 Å². The fourth-order valence-corrected chi connectivity index (χ4v) is 1.15. The van der Waals surface area contributed by atoms with Crippen molar-refractivity contribution in [2.45, 2.75) is 0 Å². The van der Waals surface area contributed by atoms with Gasteiger partial charge in [-0.1, -0.05) is 109 Å². The van der Waals surface area contributed by atoms with Gasteiger partial charge in [0.2, 0.25) is 0 Å². The smallest absolute Gasteiger partial charge is 0 e. The standard InChI is InChI=1S/3C6H6.Nd/c3*1-2-4-6-5-3-1;/h3*1-6H;. The molecule has 19 heavy (non-hydrogen) atoms. The molecule has 0 aliphatic heterocycles. The van der Waals surface area contributed by atoms with E-state index in [0.717, 1.165) is 0 Å². The van der Waals surface area contributed by atoms with Gasteiger partial charge in [0, 0.05) is 40.8 Å². The van der Waals surface area contributed by atoms with E-state index in [1.165, 1.54) is 0 Å². The molecule has 0 heterocycles. The predicted molar refractivity (Wildman–Crippen MR) is 79.3 cm³/mol. The Morgan fingerprint density at radius 3 is 0.263 bits per heavy atom. The molecule has 0 aromatic heterocycles. The van der Waals surface area contributed by atoms with Gasteiger partial charge in [0.1, 0.15) is 0 Å². The van der Waals surface area contributed by atoms with Crippen molar-refractivity contribution in [3.05, 3.63) is 109 Å². The molecule has 0 bridgehead atoms. The molecule has 0 nitrogen and oxygen atoms in total. The summed E-state index contributed by atoms with van der Waals surface area (Å²) in [5.41, 5.74) is 0. The number of benzene rings is 3. The molecule has 0 unspecified atom stereocenters. The summed E-state index contributed by atoms with van der Waals surface area (Å²) in [6.07, 6.45) is 0. The largest absolute Gasteiger partial charge is 0.0623 e. The zero-order chi connectivity index (χ0) is 12.7. The maximum absolute atomic E-state index is 2.00. The molecular formula is C18H18Nd. The van der Waals surface area contributed by atoms with Crippen LogP contribution in [-0.4, -0.2) is 0 Å². The van der Waals surface area contributed by atoms with E-state index in [4.69, 9.17) is 0 Å². The molecule has 0 atom stereocenters. The van der Waals surface area contributed by atoms with E-state index in [1.54, 1.807) is 0 Å². The summed E-state index contributed by atoms with van der Waals surface area (Å²) in [5.74, 6) is 0. The van der Waals surface area contributed by atoms with E-state index in [1.807, 2.05) is 109 Å². The number of hydrogen-bond donors (Lipinski definition) is 0. The first kappa shape index (κ1) is 18.0. The molecule has 3 aromatic carbocycles. The van der Waals surface area contributed by atoms with Crippen LogP contribution in [0.3, 0.4) is 0 Å². The summed E-state index contributed by atoms with van der Waals surface area (Å²) in [5, 5.41) is 0. The fraction of sp³-hybridized carbons (Fsp3) is 0. The summed E-state index contributed by atoms with van der Waals surface area (Å²) in [4.78, 5) is 0. The third-order valence-electron chi connectivity index (χ3n) is 2.00. The van der Waals surface area contributed by atoms with Crippen molar-refractivity contribution >= 4 is 0 Å². The molecule has 94 valence electrons. The van der Waals surface area contributed by atoms with E-state index in [2.05, 4.69) is 0 Å². The minimum absolute atomic E-state index is 0. The topological polar surface area (TPSA) is 0 Å². The Morgan fingerprint density at radius 1 is 0.158 bits per heavy atom. The average molecular weight is 379 g/mol. The van der Waals surface area contributed by atoms with Gasteiger partial charge in [-0.15, -0.1) is 0 Å². The Labute approximate surface area is 149 Å². The molecule has 0 saturated heterocycles. The molecule has 0 N–H and O–H groups in total. The summed E-state index contributed by atoms with van der Waals surface area (Å²) in [6.45, 7) is 0. The average Bonchev–Trinajstić information content (AvgIpc) is 2.54. The number of rotatable bonds is 0. The van der Waals surface area contributed by atoms with E-state index >= 15 is 0 Å². The van der Waals surface area contributed by atoms with Crippen LogP contribution in [-0.2, 0) is 0 Å². The molecule has 0 saturated carbocycles. The van der Waals surface area contributed by atoms with Gasteiger partial charge in [0.05, 0.1) is 0 Å². The van der Waals surface area contributed by atoms with Crippen LogP contribution in [0.15, 0.2) is 109 Å². The van der Waals surface area contributed by atoms with Crippen LogP contribution in [0, 0.1) is 40.8 Å². The molecule has 0 spiro atoms. The molecule has 3 rings (SSSR count). The van der Waals surface area contributed by atoms with Crippen LogP contribution in [0.4, 0.5) is 0 Å². The first-order valence-corrected chi connectivity index (χ1v) is 6.00. The summed E-state index contributed by atoms with van der Waals surface area (Å²) in [6, 6.07) is 36.0. The second-order valence-electron chi connectivity index (χ2n) is 3.46. The Kier molecular flexibility index (Phi) is 14.3. The zero-order valence-electron chi connectivity index (χ0n) is 10.9. The van der Waals surface area contributed by atoms with Gasteiger partial charge in [0.15, 0.2) is 0 Å². The van der Waals surface area contributed by atoms with Crippen molar-refractivity contribution in [3.8, 4) is 0 Å². The monoisotopic (exact) mass is 376 g/mol. The molecule has 0 aliphatic carbocycles. The van der Waals surface area contributed by atoms with Crippen LogP contribution < -0.4 is 0 Å². The van der Waals surface area contributed by atoms with Crippen LogP contribution in [0.25, 0.3) is 0 Å². The molecule has 1 heteroatoms. The van der Waals surface area contributed by atoms with Crippen molar-refractivity contribution in [3.63, 3.8) is 0 Å². The normalized spacial score (nSPS) is 7.58. The van der Waals surface area contributed by atoms with E-state index in [9.17, 15) is 0 Å². The Morgan fingerprint density at radius 2 is 0.211 bits per heavy atom. The second kappa shape index (κ2) is 15.1. The second-order valence-corrected chi connectivity index (χ2v) is 3.46. The Balaban J connectivity index is 0.000000249. The van der Waals surface area contributed by atoms with Gasteiger partial charge in [-0.3, -0.25) is 0 Å². The van der Waals surface area contributed by atoms with Gasteiger partial charge in [0.25, 0.3) is 0 Å². The molecular weight excluding hydrogens is 360 g/mol. The summed E-state index contributed by atoms with van der Waals surface area (Å²) < 4.78 is 0. The molecule has 0 amide bonds. The van der Waals surface area contributed by atoms with Gasteiger partial charge in [-0.2, -0.15) is 0 Å². The van der Waals surface area contributed by atoms with Gasteiger partial charge in [-0.05, 0) is 0 Å². The van der Waals surface area contributed by atoms with Crippen molar-refractivity contribution in [1.82, 2.24) is 0 Å². The first-order chi connectivity index (χ1) is 9.00. The SMILES string of the molecule is [Nd].c1ccccc1.c1ccccc1.c1ccccc1. The number of hydrogen-bond acceptors (Lipinski definition) is 0. The molecule has 0 fully saturated rings. The van der Waals surface area contributed by atoms with E-state index in [0.29, 0.717) is 0 Å². The Bertz CT molecular complexity index is 296. The molecule has 0 aliphatic rings. The van der Waals surface area contributed by atoms with Crippen molar-refractivity contribution in [2.24, 2.45) is 0 Å². The van der Waals surface area contributed by atoms with Crippen molar-refractivity contribution < 1.29 is 40.8 Å².